The van der Waals surface area contributed by atoms with E-state index in [2.05, 4.69) is 15.0 Å². The Labute approximate surface area is 158 Å². The predicted molar refractivity (Wildman–Crippen MR) is 105 cm³/mol. The third kappa shape index (κ3) is 4.62. The average Bonchev–Trinajstić information content (AvgIpc) is 2.64. The third-order valence-corrected chi connectivity index (χ3v) is 5.59. The van der Waals surface area contributed by atoms with Gasteiger partial charge < -0.3 is 5.32 Å². The van der Waals surface area contributed by atoms with Crippen LogP contribution in [0.15, 0.2) is 65.7 Å². The number of hydrogen-bond acceptors (Lipinski definition) is 4. The van der Waals surface area contributed by atoms with E-state index < -0.39 is 10.0 Å². The molecule has 1 aromatic heterocycles. The van der Waals surface area contributed by atoms with Gasteiger partial charge in [0.2, 0.25) is 0 Å². The maximum atomic E-state index is 13.6. The molecule has 0 aliphatic heterocycles. The molecule has 2 aromatic carbocycles. The summed E-state index contributed by atoms with van der Waals surface area (Å²) in [7, 11) is -3.70. The van der Waals surface area contributed by atoms with Gasteiger partial charge in [0.25, 0.3) is 10.0 Å². The van der Waals surface area contributed by atoms with Crippen molar-refractivity contribution < 1.29 is 12.8 Å². The van der Waals surface area contributed by atoms with E-state index in [1.165, 1.54) is 12.3 Å². The number of benzene rings is 2. The first-order valence-corrected chi connectivity index (χ1v) is 9.87. The predicted octanol–water partition coefficient (Wildman–Crippen LogP) is 4.25. The first kappa shape index (κ1) is 18.8. The van der Waals surface area contributed by atoms with Crippen LogP contribution in [0.3, 0.4) is 0 Å². The fourth-order valence-corrected chi connectivity index (χ4v) is 3.97. The second kappa shape index (κ2) is 7.75. The summed E-state index contributed by atoms with van der Waals surface area (Å²) in [6.07, 6.45) is 1.42. The third-order valence-electron chi connectivity index (χ3n) is 4.07. The van der Waals surface area contributed by atoms with Gasteiger partial charge in [0, 0.05) is 12.1 Å². The maximum absolute atomic E-state index is 13.6. The van der Waals surface area contributed by atoms with E-state index in [0.29, 0.717) is 22.6 Å². The minimum absolute atomic E-state index is 0.240. The van der Waals surface area contributed by atoms with Crippen molar-refractivity contribution >= 4 is 21.5 Å². The van der Waals surface area contributed by atoms with Crippen LogP contribution in [-0.2, 0) is 16.6 Å². The van der Waals surface area contributed by atoms with Crippen LogP contribution < -0.4 is 10.0 Å². The number of halogens is 1. The highest BCUT2D eigenvalue weighted by Gasteiger charge is 2.17. The summed E-state index contributed by atoms with van der Waals surface area (Å²) in [5.74, 6) is 0.232. The molecule has 0 radical (unpaired) electrons. The minimum Gasteiger partial charge on any atom is -0.366 e. The smallest absolute Gasteiger partial charge is 0.262 e. The molecule has 0 aliphatic rings. The summed E-state index contributed by atoms with van der Waals surface area (Å²) in [5.41, 5.74) is 2.42. The van der Waals surface area contributed by atoms with Crippen molar-refractivity contribution in [3.63, 3.8) is 0 Å². The standard InChI is InChI=1S/C20H20FN3O2S/c1-14-7-8-15(2)19(11-14)27(25,26)24-17-9-10-20(23-13-17)22-12-16-5-3-4-6-18(16)21/h3-11,13,24H,12H2,1-2H3,(H,22,23). The molecule has 5 nitrogen and oxygen atoms in total. The number of pyridine rings is 1. The lowest BCUT2D eigenvalue weighted by Gasteiger charge is -2.12. The van der Waals surface area contributed by atoms with E-state index in [0.717, 1.165) is 5.56 Å². The lowest BCUT2D eigenvalue weighted by atomic mass is 10.2. The van der Waals surface area contributed by atoms with E-state index in [1.54, 1.807) is 49.4 Å². The molecule has 0 bridgehead atoms. The van der Waals surface area contributed by atoms with Crippen LogP contribution in [0.1, 0.15) is 16.7 Å². The van der Waals surface area contributed by atoms with Crippen LogP contribution in [0, 0.1) is 19.7 Å². The fourth-order valence-electron chi connectivity index (χ4n) is 2.59. The number of nitrogens with zero attached hydrogens (tertiary/aromatic N) is 1. The van der Waals surface area contributed by atoms with Crippen molar-refractivity contribution in [3.8, 4) is 0 Å². The summed E-state index contributed by atoms with van der Waals surface area (Å²) in [6.45, 7) is 3.88. The first-order chi connectivity index (χ1) is 12.8. The number of sulfonamides is 1. The number of aromatic nitrogens is 1. The van der Waals surface area contributed by atoms with Gasteiger partial charge in [0.1, 0.15) is 11.6 Å². The normalized spacial score (nSPS) is 11.2. The van der Waals surface area contributed by atoms with Gasteiger partial charge in [-0.15, -0.1) is 0 Å². The largest absolute Gasteiger partial charge is 0.366 e. The second-order valence-corrected chi connectivity index (χ2v) is 7.90. The van der Waals surface area contributed by atoms with Crippen LogP contribution in [0.2, 0.25) is 0 Å². The van der Waals surface area contributed by atoms with E-state index in [4.69, 9.17) is 0 Å². The molecular weight excluding hydrogens is 365 g/mol. The molecular formula is C20H20FN3O2S. The highest BCUT2D eigenvalue weighted by molar-refractivity contribution is 7.92. The molecule has 7 heteroatoms. The van der Waals surface area contributed by atoms with Crippen LogP contribution in [-0.4, -0.2) is 13.4 Å². The molecule has 0 spiro atoms. The number of rotatable bonds is 6. The monoisotopic (exact) mass is 385 g/mol. The zero-order valence-corrected chi connectivity index (χ0v) is 15.8. The van der Waals surface area contributed by atoms with E-state index in [-0.39, 0.29) is 17.3 Å². The SMILES string of the molecule is Cc1ccc(C)c(S(=O)(=O)Nc2ccc(NCc3ccccc3F)nc2)c1. The van der Waals surface area contributed by atoms with Crippen molar-refractivity contribution in [3.05, 3.63) is 83.3 Å². The van der Waals surface area contributed by atoms with Crippen molar-refractivity contribution in [2.75, 3.05) is 10.0 Å². The first-order valence-electron chi connectivity index (χ1n) is 8.38. The Hall–Kier alpha value is -2.93. The molecule has 0 unspecified atom stereocenters. The molecule has 2 N–H and O–H groups in total. The maximum Gasteiger partial charge on any atom is 0.262 e. The molecule has 3 rings (SSSR count). The Balaban J connectivity index is 1.70. The fraction of sp³-hybridized carbons (Fsp3) is 0.150. The van der Waals surface area contributed by atoms with Crippen LogP contribution in [0.25, 0.3) is 0 Å². The number of nitrogens with one attached hydrogen (secondary N) is 2. The molecule has 0 saturated carbocycles. The summed E-state index contributed by atoms with van der Waals surface area (Å²) < 4.78 is 41.4. The van der Waals surface area contributed by atoms with Gasteiger partial charge in [-0.05, 0) is 49.2 Å². The number of hydrogen-bond donors (Lipinski definition) is 2. The van der Waals surface area contributed by atoms with Crippen LogP contribution in [0.4, 0.5) is 15.9 Å². The minimum atomic E-state index is -3.70. The molecule has 0 fully saturated rings. The lowest BCUT2D eigenvalue weighted by molar-refractivity contribution is 0.600. The average molecular weight is 385 g/mol. The Kier molecular flexibility index (Phi) is 5.41. The van der Waals surface area contributed by atoms with Gasteiger partial charge in [0.05, 0.1) is 16.8 Å². The molecule has 0 saturated heterocycles. The van der Waals surface area contributed by atoms with Gasteiger partial charge in [0.15, 0.2) is 0 Å². The van der Waals surface area contributed by atoms with E-state index in [9.17, 15) is 12.8 Å². The molecule has 3 aromatic rings. The van der Waals surface area contributed by atoms with E-state index >= 15 is 0 Å². The molecule has 140 valence electrons. The highest BCUT2D eigenvalue weighted by Crippen LogP contribution is 2.21. The highest BCUT2D eigenvalue weighted by atomic mass is 32.2. The van der Waals surface area contributed by atoms with Crippen molar-refractivity contribution in [1.82, 2.24) is 4.98 Å². The van der Waals surface area contributed by atoms with Gasteiger partial charge in [-0.3, -0.25) is 4.72 Å². The van der Waals surface area contributed by atoms with Crippen molar-refractivity contribution in [1.29, 1.82) is 0 Å². The van der Waals surface area contributed by atoms with Gasteiger partial charge in [-0.25, -0.2) is 17.8 Å². The Morgan fingerprint density at radius 1 is 1.04 bits per heavy atom. The zero-order chi connectivity index (χ0) is 19.4. The van der Waals surface area contributed by atoms with Crippen molar-refractivity contribution in [2.45, 2.75) is 25.3 Å². The Bertz CT molecular complexity index is 1050. The van der Waals surface area contributed by atoms with Crippen LogP contribution in [0.5, 0.6) is 0 Å². The van der Waals surface area contributed by atoms with Gasteiger partial charge >= 0.3 is 0 Å². The summed E-state index contributed by atoms with van der Waals surface area (Å²) in [6, 6.07) is 15.0. The number of aryl methyl sites for hydroxylation is 2. The molecule has 1 heterocycles. The number of anilines is 2. The Morgan fingerprint density at radius 3 is 2.52 bits per heavy atom. The zero-order valence-electron chi connectivity index (χ0n) is 15.0. The topological polar surface area (TPSA) is 71.1 Å². The Morgan fingerprint density at radius 2 is 1.81 bits per heavy atom. The molecule has 27 heavy (non-hydrogen) atoms. The summed E-state index contributed by atoms with van der Waals surface area (Å²) in [5, 5.41) is 3.01. The lowest BCUT2D eigenvalue weighted by Crippen LogP contribution is -2.14. The van der Waals surface area contributed by atoms with E-state index in [1.807, 2.05) is 13.0 Å². The van der Waals surface area contributed by atoms with Gasteiger partial charge in [-0.2, -0.15) is 0 Å². The quantitative estimate of drug-likeness (QED) is 0.665. The van der Waals surface area contributed by atoms with Crippen LogP contribution >= 0.6 is 0 Å². The second-order valence-electron chi connectivity index (χ2n) is 6.25. The summed E-state index contributed by atoms with van der Waals surface area (Å²) in [4.78, 5) is 4.42. The molecule has 0 atom stereocenters. The molecule has 0 amide bonds. The summed E-state index contributed by atoms with van der Waals surface area (Å²) >= 11 is 0. The van der Waals surface area contributed by atoms with Crippen molar-refractivity contribution in [2.24, 2.45) is 0 Å². The molecule has 0 aliphatic carbocycles. The van der Waals surface area contributed by atoms with Gasteiger partial charge in [-0.1, -0.05) is 30.3 Å².